The quantitative estimate of drug-likeness (QED) is 0.646. The Labute approximate surface area is 68.5 Å². The zero-order chi connectivity index (χ0) is 5.70. The largest absolute Gasteiger partial charge is 0.287 e. The molecule has 0 fully saturated rings. The molecular formula is C4H14Cl2N2O. The van der Waals surface area contributed by atoms with Gasteiger partial charge in [0, 0.05) is 14.1 Å². The number of rotatable bonds is 3. The van der Waals surface area contributed by atoms with E-state index in [1.165, 1.54) is 0 Å². The third-order valence-electron chi connectivity index (χ3n) is 0.391. The van der Waals surface area contributed by atoms with Gasteiger partial charge in [0.05, 0.1) is 6.61 Å². The molecule has 1 N–H and O–H groups in total. The van der Waals surface area contributed by atoms with Crippen LogP contribution in [0, 0.1) is 0 Å². The second kappa shape index (κ2) is 11.3. The van der Waals surface area contributed by atoms with Gasteiger partial charge >= 0.3 is 0 Å². The topological polar surface area (TPSA) is 24.5 Å². The lowest BCUT2D eigenvalue weighted by molar-refractivity contribution is -0.0531. The molecule has 0 spiro atoms. The van der Waals surface area contributed by atoms with Crippen LogP contribution < -0.4 is 5.59 Å². The summed E-state index contributed by atoms with van der Waals surface area (Å²) in [6.45, 7) is 2.62. The number of hydrogen-bond acceptors (Lipinski definition) is 3. The van der Waals surface area contributed by atoms with Crippen molar-refractivity contribution in [3.05, 3.63) is 0 Å². The average molecular weight is 177 g/mol. The molecule has 0 rings (SSSR count). The van der Waals surface area contributed by atoms with Gasteiger partial charge in [-0.2, -0.15) is 0 Å². The van der Waals surface area contributed by atoms with E-state index in [4.69, 9.17) is 4.84 Å². The summed E-state index contributed by atoms with van der Waals surface area (Å²) in [7, 11) is 3.74. The van der Waals surface area contributed by atoms with Gasteiger partial charge in [-0.05, 0) is 6.92 Å². The van der Waals surface area contributed by atoms with Crippen molar-refractivity contribution in [2.24, 2.45) is 0 Å². The Morgan fingerprint density at radius 1 is 1.33 bits per heavy atom. The summed E-state index contributed by atoms with van der Waals surface area (Å²) in [6.07, 6.45) is 0. The fraction of sp³-hybridized carbons (Fsp3) is 1.00. The maximum Gasteiger partial charge on any atom is 0.0670 e. The van der Waals surface area contributed by atoms with Gasteiger partial charge in [0.25, 0.3) is 0 Å². The van der Waals surface area contributed by atoms with Crippen molar-refractivity contribution in [3.8, 4) is 0 Å². The van der Waals surface area contributed by atoms with Gasteiger partial charge in [0.2, 0.25) is 0 Å². The monoisotopic (exact) mass is 176 g/mol. The lowest BCUT2D eigenvalue weighted by atomic mass is 10.9. The minimum absolute atomic E-state index is 0. The smallest absolute Gasteiger partial charge is 0.0670 e. The van der Waals surface area contributed by atoms with E-state index >= 15 is 0 Å². The molecule has 0 unspecified atom stereocenters. The van der Waals surface area contributed by atoms with Gasteiger partial charge < -0.3 is 0 Å². The van der Waals surface area contributed by atoms with Crippen molar-refractivity contribution in [3.63, 3.8) is 0 Å². The molecule has 60 valence electrons. The van der Waals surface area contributed by atoms with Gasteiger partial charge in [0.15, 0.2) is 0 Å². The number of hydrogen-bond donors (Lipinski definition) is 1. The zero-order valence-corrected chi connectivity index (χ0v) is 7.51. The van der Waals surface area contributed by atoms with Gasteiger partial charge in [-0.15, -0.1) is 30.4 Å². The highest BCUT2D eigenvalue weighted by Crippen LogP contribution is 1.64. The second-order valence-electron chi connectivity index (χ2n) is 1.42. The Morgan fingerprint density at radius 2 is 1.78 bits per heavy atom. The van der Waals surface area contributed by atoms with Crippen LogP contribution in [0.5, 0.6) is 0 Å². The molecule has 0 aromatic heterocycles. The summed E-state index contributed by atoms with van der Waals surface area (Å²) in [4.78, 5) is 4.77. The van der Waals surface area contributed by atoms with E-state index in [0.717, 1.165) is 0 Å². The Kier molecular flexibility index (Phi) is 20.3. The lowest BCUT2D eigenvalue weighted by Gasteiger charge is -2.08. The Balaban J connectivity index is -0.000000180. The molecule has 0 amide bonds. The van der Waals surface area contributed by atoms with Crippen LogP contribution in [0.3, 0.4) is 0 Å². The van der Waals surface area contributed by atoms with Crippen LogP contribution in [-0.2, 0) is 4.84 Å². The number of nitrogens with zero attached hydrogens (tertiary/aromatic N) is 1. The van der Waals surface area contributed by atoms with Crippen LogP contribution in [0.15, 0.2) is 0 Å². The first-order valence-electron chi connectivity index (χ1n) is 2.32. The molecule has 0 bridgehead atoms. The fourth-order valence-electron chi connectivity index (χ4n) is 0.194. The van der Waals surface area contributed by atoms with Crippen molar-refractivity contribution < 1.29 is 4.84 Å². The summed E-state index contributed by atoms with van der Waals surface area (Å²) >= 11 is 0. The first kappa shape index (κ1) is 16.2. The van der Waals surface area contributed by atoms with E-state index in [1.54, 1.807) is 5.01 Å². The van der Waals surface area contributed by atoms with Crippen LogP contribution in [0.1, 0.15) is 6.92 Å². The first-order chi connectivity index (χ1) is 3.27. The molecule has 0 heterocycles. The SMILES string of the molecule is CCONN(C)C.Cl.Cl. The maximum atomic E-state index is 4.77. The van der Waals surface area contributed by atoms with E-state index in [0.29, 0.717) is 6.61 Å². The van der Waals surface area contributed by atoms with Crippen molar-refractivity contribution in [1.82, 2.24) is 10.6 Å². The molecule has 0 aliphatic carbocycles. The molecule has 0 aromatic rings. The molecule has 0 saturated heterocycles. The van der Waals surface area contributed by atoms with E-state index in [1.807, 2.05) is 21.0 Å². The summed E-state index contributed by atoms with van der Waals surface area (Å²) < 4.78 is 0. The predicted molar refractivity (Wildman–Crippen MR) is 42.9 cm³/mol. The normalized spacial score (nSPS) is 8.00. The minimum Gasteiger partial charge on any atom is -0.287 e. The van der Waals surface area contributed by atoms with Crippen molar-refractivity contribution in [1.29, 1.82) is 0 Å². The summed E-state index contributed by atoms with van der Waals surface area (Å²) in [5.41, 5.74) is 2.63. The van der Waals surface area contributed by atoms with Crippen molar-refractivity contribution >= 4 is 24.8 Å². The third kappa shape index (κ3) is 17.7. The van der Waals surface area contributed by atoms with Gasteiger partial charge in [-0.25, -0.2) is 5.01 Å². The summed E-state index contributed by atoms with van der Waals surface area (Å²) in [5.74, 6) is 0. The summed E-state index contributed by atoms with van der Waals surface area (Å²) in [6, 6.07) is 0. The Bertz CT molecular complexity index is 45.5. The predicted octanol–water partition coefficient (Wildman–Crippen LogP) is 0.848. The fourth-order valence-corrected chi connectivity index (χ4v) is 0.194. The molecular weight excluding hydrogens is 163 g/mol. The molecule has 3 nitrogen and oxygen atoms in total. The summed E-state index contributed by atoms with van der Waals surface area (Å²) in [5, 5.41) is 1.74. The van der Waals surface area contributed by atoms with Gasteiger partial charge in [-0.3, -0.25) is 4.84 Å². The lowest BCUT2D eigenvalue weighted by Crippen LogP contribution is -2.30. The first-order valence-corrected chi connectivity index (χ1v) is 2.32. The van der Waals surface area contributed by atoms with E-state index in [2.05, 4.69) is 5.59 Å². The molecule has 0 atom stereocenters. The molecule has 9 heavy (non-hydrogen) atoms. The highest BCUT2D eigenvalue weighted by Gasteiger charge is 1.79. The van der Waals surface area contributed by atoms with Gasteiger partial charge in [0.1, 0.15) is 0 Å². The van der Waals surface area contributed by atoms with Crippen molar-refractivity contribution in [2.75, 3.05) is 20.7 Å². The van der Waals surface area contributed by atoms with Crippen LogP contribution in [-0.4, -0.2) is 25.7 Å². The van der Waals surface area contributed by atoms with E-state index < -0.39 is 0 Å². The maximum absolute atomic E-state index is 4.77. The molecule has 0 aliphatic rings. The van der Waals surface area contributed by atoms with Gasteiger partial charge in [-0.1, -0.05) is 0 Å². The average Bonchev–Trinajstić information content (AvgIpc) is 1.61. The standard InChI is InChI=1S/C4H12N2O.2ClH/c1-4-7-5-6(2)3;;/h5H,4H2,1-3H3;2*1H. The molecule has 0 aliphatic heterocycles. The molecule has 5 heteroatoms. The number of nitrogens with one attached hydrogen (secondary N) is 1. The van der Waals surface area contributed by atoms with E-state index in [9.17, 15) is 0 Å². The van der Waals surface area contributed by atoms with Crippen LogP contribution in [0.2, 0.25) is 0 Å². The Hall–Kier alpha value is 0.460. The van der Waals surface area contributed by atoms with Crippen LogP contribution >= 0.6 is 24.8 Å². The second-order valence-corrected chi connectivity index (χ2v) is 1.42. The van der Waals surface area contributed by atoms with E-state index in [-0.39, 0.29) is 24.8 Å². The molecule has 0 aromatic carbocycles. The highest BCUT2D eigenvalue weighted by atomic mass is 35.5. The Morgan fingerprint density at radius 3 is 1.89 bits per heavy atom. The number of halogens is 2. The zero-order valence-electron chi connectivity index (χ0n) is 5.88. The number of hydrazine groups is 1. The third-order valence-corrected chi connectivity index (χ3v) is 0.391. The minimum atomic E-state index is 0. The molecule has 0 saturated carbocycles. The highest BCUT2D eigenvalue weighted by molar-refractivity contribution is 5.85. The van der Waals surface area contributed by atoms with Crippen molar-refractivity contribution in [2.45, 2.75) is 6.92 Å². The van der Waals surface area contributed by atoms with Crippen LogP contribution in [0.4, 0.5) is 0 Å². The van der Waals surface area contributed by atoms with Crippen LogP contribution in [0.25, 0.3) is 0 Å². The molecule has 0 radical (unpaired) electrons.